The maximum absolute atomic E-state index is 12.3. The second-order valence-corrected chi connectivity index (χ2v) is 10.1. The minimum atomic E-state index is -0.220. The number of rotatable bonds is 6. The smallest absolute Gasteiger partial charge is 0.310 e. The molecular weight excluding hydrogens is 466 g/mol. The van der Waals surface area contributed by atoms with Crippen molar-refractivity contribution in [1.82, 2.24) is 4.57 Å². The molecule has 4 aromatic rings. The van der Waals surface area contributed by atoms with E-state index in [0.29, 0.717) is 23.9 Å². The van der Waals surface area contributed by atoms with Gasteiger partial charge in [-0.15, -0.1) is 11.8 Å². The van der Waals surface area contributed by atoms with Gasteiger partial charge in [0.25, 0.3) is 0 Å². The molecule has 0 aliphatic carbocycles. The Morgan fingerprint density at radius 3 is 2.65 bits per heavy atom. The molecule has 0 amide bonds. The number of benzene rings is 3. The van der Waals surface area contributed by atoms with Crippen LogP contribution in [0.5, 0.6) is 0 Å². The summed E-state index contributed by atoms with van der Waals surface area (Å²) >= 11 is 8.17. The molecule has 34 heavy (non-hydrogen) atoms. The molecule has 1 aliphatic rings. The van der Waals surface area contributed by atoms with Gasteiger partial charge in [-0.25, -0.2) is 0 Å². The Morgan fingerprint density at radius 2 is 1.88 bits per heavy atom. The third kappa shape index (κ3) is 4.48. The molecule has 5 nitrogen and oxygen atoms in total. The monoisotopic (exact) mass is 491 g/mol. The van der Waals surface area contributed by atoms with Crippen molar-refractivity contribution >= 4 is 51.6 Å². The average molecular weight is 492 g/mol. The molecule has 7 heteroatoms. The summed E-state index contributed by atoms with van der Waals surface area (Å²) in [5.74, 6) is 1.10. The molecule has 0 spiro atoms. The molecule has 0 radical (unpaired) electrons. The zero-order valence-electron chi connectivity index (χ0n) is 18.9. The number of esters is 1. The van der Waals surface area contributed by atoms with Crippen molar-refractivity contribution in [3.05, 3.63) is 76.9 Å². The number of aromatic nitrogens is 1. The minimum absolute atomic E-state index is 0.220. The number of nitrogens with zero attached hydrogens (tertiary/aromatic N) is 1. The minimum Gasteiger partial charge on any atom is -0.466 e. The Kier molecular flexibility index (Phi) is 6.19. The fourth-order valence-electron chi connectivity index (χ4n) is 4.69. The summed E-state index contributed by atoms with van der Waals surface area (Å²) in [6, 6.07) is 18.0. The van der Waals surface area contributed by atoms with Gasteiger partial charge >= 0.3 is 5.97 Å². The molecule has 0 bridgehead atoms. The summed E-state index contributed by atoms with van der Waals surface area (Å²) in [6.07, 6.45) is 2.33. The van der Waals surface area contributed by atoms with Crippen molar-refractivity contribution in [2.24, 2.45) is 0 Å². The van der Waals surface area contributed by atoms with Crippen LogP contribution >= 0.6 is 23.4 Å². The van der Waals surface area contributed by atoms with E-state index in [9.17, 15) is 4.79 Å². The van der Waals surface area contributed by atoms with E-state index in [1.165, 1.54) is 10.5 Å². The zero-order valence-corrected chi connectivity index (χ0v) is 20.5. The molecule has 1 unspecified atom stereocenters. The lowest BCUT2D eigenvalue weighted by Gasteiger charge is -2.14. The number of hydrogen-bond donors (Lipinski definition) is 2. The highest BCUT2D eigenvalue weighted by atomic mass is 35.5. The Balaban J connectivity index is 1.58. The van der Waals surface area contributed by atoms with E-state index in [-0.39, 0.29) is 12.4 Å². The Hall–Kier alpha value is -3.09. The van der Waals surface area contributed by atoms with Crippen LogP contribution in [0.2, 0.25) is 5.02 Å². The van der Waals surface area contributed by atoms with Gasteiger partial charge in [0.05, 0.1) is 13.0 Å². The van der Waals surface area contributed by atoms with E-state index in [1.54, 1.807) is 6.07 Å². The summed E-state index contributed by atoms with van der Waals surface area (Å²) in [5, 5.41) is 1.80. The van der Waals surface area contributed by atoms with Crippen molar-refractivity contribution in [2.45, 2.75) is 30.7 Å². The number of thioether (sulfide) groups is 1. The van der Waals surface area contributed by atoms with Crippen LogP contribution in [0.25, 0.3) is 22.0 Å². The maximum atomic E-state index is 12.3. The maximum Gasteiger partial charge on any atom is 0.310 e. The van der Waals surface area contributed by atoms with E-state index in [1.807, 2.05) is 36.9 Å². The highest BCUT2D eigenvalue weighted by Crippen LogP contribution is 2.42. The molecule has 3 aromatic carbocycles. The summed E-state index contributed by atoms with van der Waals surface area (Å²) in [4.78, 5) is 13.6. The van der Waals surface area contributed by atoms with Crippen molar-refractivity contribution in [3.63, 3.8) is 0 Å². The number of nitrogen functional groups attached to an aromatic ring is 2. The third-order valence-electron chi connectivity index (χ3n) is 6.18. The van der Waals surface area contributed by atoms with E-state index in [2.05, 4.69) is 41.1 Å². The van der Waals surface area contributed by atoms with Gasteiger partial charge in [-0.1, -0.05) is 23.7 Å². The molecule has 174 valence electrons. The number of carbonyl (C=O) groups is 1. The molecular formula is C27H26ClN3O2S. The fraction of sp³-hybridized carbons (Fsp3) is 0.222. The average Bonchev–Trinajstić information content (AvgIpc) is 3.34. The number of nitrogens with two attached hydrogens (primary N) is 2. The van der Waals surface area contributed by atoms with Crippen LogP contribution in [0.4, 0.5) is 11.4 Å². The van der Waals surface area contributed by atoms with Crippen LogP contribution in [0.3, 0.4) is 0 Å². The molecule has 0 saturated carbocycles. The van der Waals surface area contributed by atoms with Crippen molar-refractivity contribution in [3.8, 4) is 11.1 Å². The summed E-state index contributed by atoms with van der Waals surface area (Å²) in [6.45, 7) is 2.99. The first-order chi connectivity index (χ1) is 16.4. The van der Waals surface area contributed by atoms with Crippen molar-refractivity contribution in [2.75, 3.05) is 23.8 Å². The number of ether oxygens (including phenoxy) is 1. The second-order valence-electron chi connectivity index (χ2n) is 8.60. The van der Waals surface area contributed by atoms with Crippen LogP contribution in [-0.2, 0) is 22.5 Å². The molecule has 1 aromatic heterocycles. The molecule has 0 fully saturated rings. The lowest BCUT2D eigenvalue weighted by atomic mass is 10.0. The molecule has 4 N–H and O–H groups in total. The van der Waals surface area contributed by atoms with E-state index >= 15 is 0 Å². The van der Waals surface area contributed by atoms with Gasteiger partial charge in [-0.05, 0) is 71.6 Å². The van der Waals surface area contributed by atoms with Gasteiger partial charge < -0.3 is 20.8 Å². The van der Waals surface area contributed by atoms with E-state index in [0.717, 1.165) is 44.9 Å². The number of hydrogen-bond acceptors (Lipinski definition) is 5. The SMILES string of the molecule is CCOC(=O)Cc1cn(CC2CSc3ccc(Cl)cc32)c2cc(-c3cc(N)cc(N)c3)ccc12. The van der Waals surface area contributed by atoms with Gasteiger partial charge in [-0.3, -0.25) is 4.79 Å². The van der Waals surface area contributed by atoms with Gasteiger partial charge in [0.1, 0.15) is 0 Å². The van der Waals surface area contributed by atoms with Crippen molar-refractivity contribution < 1.29 is 9.53 Å². The number of fused-ring (bicyclic) bond motifs is 2. The van der Waals surface area contributed by atoms with E-state index in [4.69, 9.17) is 27.8 Å². The van der Waals surface area contributed by atoms with E-state index < -0.39 is 0 Å². The topological polar surface area (TPSA) is 83.3 Å². The van der Waals surface area contributed by atoms with Gasteiger partial charge in [0, 0.05) is 56.6 Å². The summed E-state index contributed by atoms with van der Waals surface area (Å²) < 4.78 is 7.48. The predicted molar refractivity (Wildman–Crippen MR) is 141 cm³/mol. The second kappa shape index (κ2) is 9.28. The quantitative estimate of drug-likeness (QED) is 0.251. The van der Waals surface area contributed by atoms with Crippen LogP contribution in [0.1, 0.15) is 24.0 Å². The normalized spacial score (nSPS) is 14.9. The van der Waals surface area contributed by atoms with Crippen LogP contribution < -0.4 is 11.5 Å². The van der Waals surface area contributed by atoms with Crippen LogP contribution in [-0.4, -0.2) is 22.9 Å². The Labute approximate surface area is 208 Å². The number of halogens is 1. The number of anilines is 2. The Bertz CT molecular complexity index is 1380. The van der Waals surface area contributed by atoms with Crippen LogP contribution in [0.15, 0.2) is 65.7 Å². The number of carbonyl (C=O) groups excluding carboxylic acids is 1. The highest BCUT2D eigenvalue weighted by molar-refractivity contribution is 7.99. The molecule has 2 heterocycles. The first-order valence-electron chi connectivity index (χ1n) is 11.3. The molecule has 0 saturated heterocycles. The molecule has 1 aliphatic heterocycles. The van der Waals surface area contributed by atoms with Crippen molar-refractivity contribution in [1.29, 1.82) is 0 Å². The highest BCUT2D eigenvalue weighted by Gasteiger charge is 2.25. The first kappa shape index (κ1) is 22.7. The lowest BCUT2D eigenvalue weighted by molar-refractivity contribution is -0.142. The van der Waals surface area contributed by atoms with Gasteiger partial charge in [-0.2, -0.15) is 0 Å². The van der Waals surface area contributed by atoms with Gasteiger partial charge in [0.2, 0.25) is 0 Å². The fourth-order valence-corrected chi connectivity index (χ4v) is 6.09. The lowest BCUT2D eigenvalue weighted by Crippen LogP contribution is -2.09. The summed E-state index contributed by atoms with van der Waals surface area (Å²) in [5.41, 5.74) is 18.7. The molecule has 1 atom stereocenters. The predicted octanol–water partition coefficient (Wildman–Crippen LogP) is 6.12. The third-order valence-corrected chi connectivity index (χ3v) is 7.67. The first-order valence-corrected chi connectivity index (χ1v) is 12.6. The van der Waals surface area contributed by atoms with Gasteiger partial charge in [0.15, 0.2) is 0 Å². The largest absolute Gasteiger partial charge is 0.466 e. The summed E-state index contributed by atoms with van der Waals surface area (Å²) in [7, 11) is 0. The Morgan fingerprint density at radius 1 is 1.09 bits per heavy atom. The van der Waals surface area contributed by atoms with Crippen LogP contribution in [0, 0.1) is 0 Å². The molecule has 5 rings (SSSR count). The standard InChI is InChI=1S/C27H26ClN3O2S/c1-2-33-27(32)10-18-13-31(14-19-15-34-26-6-4-20(28)11-24(19)26)25-9-16(3-5-23(18)25)17-7-21(29)12-22(30)8-17/h3-9,11-13,19H,2,10,14-15,29-30H2,1H3. The zero-order chi connectivity index (χ0) is 23.8.